The SMILES string of the molecule is NC(=S)c1ccc(CC(=O)N(CCO)CCO)cc1. The molecule has 1 aromatic rings. The fourth-order valence-corrected chi connectivity index (χ4v) is 1.81. The molecule has 19 heavy (non-hydrogen) atoms. The van der Waals surface area contributed by atoms with Gasteiger partial charge in [-0.3, -0.25) is 4.79 Å². The Labute approximate surface area is 117 Å². The molecule has 0 aliphatic carbocycles. The maximum absolute atomic E-state index is 12.0. The Balaban J connectivity index is 2.66. The Hall–Kier alpha value is -1.50. The van der Waals surface area contributed by atoms with E-state index in [1.165, 1.54) is 4.90 Å². The molecule has 0 aromatic heterocycles. The number of benzene rings is 1. The van der Waals surface area contributed by atoms with Crippen LogP contribution < -0.4 is 5.73 Å². The van der Waals surface area contributed by atoms with Crippen molar-refractivity contribution in [1.82, 2.24) is 4.90 Å². The molecule has 0 atom stereocenters. The molecular formula is C13H18N2O3S. The number of rotatable bonds is 7. The highest BCUT2D eigenvalue weighted by Gasteiger charge is 2.12. The van der Waals surface area contributed by atoms with Gasteiger partial charge in [-0.15, -0.1) is 0 Å². The first-order valence-corrected chi connectivity index (χ1v) is 6.37. The highest BCUT2D eigenvalue weighted by molar-refractivity contribution is 7.80. The van der Waals surface area contributed by atoms with E-state index < -0.39 is 0 Å². The van der Waals surface area contributed by atoms with E-state index >= 15 is 0 Å². The third-order valence-corrected chi connectivity index (χ3v) is 2.92. The number of hydrogen-bond acceptors (Lipinski definition) is 4. The molecule has 0 bridgehead atoms. The van der Waals surface area contributed by atoms with Crippen molar-refractivity contribution in [2.24, 2.45) is 5.73 Å². The minimum atomic E-state index is -0.133. The zero-order valence-corrected chi connectivity index (χ0v) is 11.4. The molecule has 104 valence electrons. The summed E-state index contributed by atoms with van der Waals surface area (Å²) in [4.78, 5) is 13.7. The van der Waals surface area contributed by atoms with E-state index in [9.17, 15) is 4.79 Å². The van der Waals surface area contributed by atoms with Crippen molar-refractivity contribution in [2.45, 2.75) is 6.42 Å². The predicted octanol–water partition coefficient (Wildman–Crippen LogP) is -0.323. The van der Waals surface area contributed by atoms with Gasteiger partial charge in [0.05, 0.1) is 19.6 Å². The van der Waals surface area contributed by atoms with Crippen molar-refractivity contribution in [3.8, 4) is 0 Å². The molecule has 0 saturated carbocycles. The highest BCUT2D eigenvalue weighted by atomic mass is 32.1. The van der Waals surface area contributed by atoms with Crippen LogP contribution in [0.3, 0.4) is 0 Å². The molecule has 0 heterocycles. The fourth-order valence-electron chi connectivity index (χ4n) is 1.68. The number of aliphatic hydroxyl groups excluding tert-OH is 2. The molecule has 0 fully saturated rings. The predicted molar refractivity (Wildman–Crippen MR) is 76.8 cm³/mol. The summed E-state index contributed by atoms with van der Waals surface area (Å²) in [5, 5.41) is 17.7. The summed E-state index contributed by atoms with van der Waals surface area (Å²) in [7, 11) is 0. The van der Waals surface area contributed by atoms with Gasteiger partial charge in [0.25, 0.3) is 0 Å². The van der Waals surface area contributed by atoms with Crippen molar-refractivity contribution in [1.29, 1.82) is 0 Å². The number of nitrogens with zero attached hydrogens (tertiary/aromatic N) is 1. The van der Waals surface area contributed by atoms with Gasteiger partial charge in [-0.1, -0.05) is 36.5 Å². The first-order chi connectivity index (χ1) is 9.08. The van der Waals surface area contributed by atoms with Crippen molar-refractivity contribution in [3.05, 3.63) is 35.4 Å². The summed E-state index contributed by atoms with van der Waals surface area (Å²) >= 11 is 4.85. The van der Waals surface area contributed by atoms with Crippen molar-refractivity contribution in [3.63, 3.8) is 0 Å². The lowest BCUT2D eigenvalue weighted by molar-refractivity contribution is -0.131. The van der Waals surface area contributed by atoms with Gasteiger partial charge in [0, 0.05) is 18.7 Å². The molecule has 0 aliphatic heterocycles. The number of amides is 1. The summed E-state index contributed by atoms with van der Waals surface area (Å²) in [6.07, 6.45) is 0.220. The zero-order chi connectivity index (χ0) is 14.3. The first-order valence-electron chi connectivity index (χ1n) is 5.96. The fraction of sp³-hybridized carbons (Fsp3) is 0.385. The Morgan fingerprint density at radius 3 is 2.11 bits per heavy atom. The highest BCUT2D eigenvalue weighted by Crippen LogP contribution is 2.07. The van der Waals surface area contributed by atoms with Crippen LogP contribution in [0.25, 0.3) is 0 Å². The topological polar surface area (TPSA) is 86.8 Å². The quantitative estimate of drug-likeness (QED) is 0.597. The van der Waals surface area contributed by atoms with Gasteiger partial charge < -0.3 is 20.8 Å². The van der Waals surface area contributed by atoms with Gasteiger partial charge >= 0.3 is 0 Å². The van der Waals surface area contributed by atoms with Crippen molar-refractivity contribution >= 4 is 23.1 Å². The first kappa shape index (κ1) is 15.6. The molecule has 5 nitrogen and oxygen atoms in total. The van der Waals surface area contributed by atoms with Gasteiger partial charge in [-0.05, 0) is 5.56 Å². The molecule has 6 heteroatoms. The van der Waals surface area contributed by atoms with Crippen LogP contribution >= 0.6 is 12.2 Å². The molecule has 0 spiro atoms. The smallest absolute Gasteiger partial charge is 0.227 e. The standard InChI is InChI=1S/C13H18N2O3S/c14-13(19)11-3-1-10(2-4-11)9-12(18)15(5-7-16)6-8-17/h1-4,16-17H,5-9H2,(H2,14,19). The number of nitrogens with two attached hydrogens (primary N) is 1. The molecule has 0 aliphatic rings. The van der Waals surface area contributed by atoms with Gasteiger partial charge in [0.15, 0.2) is 0 Å². The maximum atomic E-state index is 12.0. The number of thiocarbonyl (C=S) groups is 1. The zero-order valence-electron chi connectivity index (χ0n) is 10.6. The molecule has 0 unspecified atom stereocenters. The van der Waals surface area contributed by atoms with E-state index in [2.05, 4.69) is 0 Å². The van der Waals surface area contributed by atoms with Crippen LogP contribution in [-0.2, 0) is 11.2 Å². The minimum absolute atomic E-state index is 0.119. The second kappa shape index (κ2) is 7.83. The van der Waals surface area contributed by atoms with E-state index in [1.807, 2.05) is 0 Å². The average molecular weight is 282 g/mol. The van der Waals surface area contributed by atoms with E-state index in [-0.39, 0.29) is 38.6 Å². The Kier molecular flexibility index (Phi) is 6.41. The van der Waals surface area contributed by atoms with E-state index in [0.29, 0.717) is 4.99 Å². The van der Waals surface area contributed by atoms with E-state index in [0.717, 1.165) is 11.1 Å². The average Bonchev–Trinajstić information content (AvgIpc) is 2.39. The van der Waals surface area contributed by atoms with E-state index in [4.69, 9.17) is 28.2 Å². The van der Waals surface area contributed by atoms with E-state index in [1.54, 1.807) is 24.3 Å². The van der Waals surface area contributed by atoms with Gasteiger partial charge in [-0.2, -0.15) is 0 Å². The Bertz CT molecular complexity index is 428. The lowest BCUT2D eigenvalue weighted by Crippen LogP contribution is -2.36. The molecule has 4 N–H and O–H groups in total. The van der Waals surface area contributed by atoms with Gasteiger partial charge in [-0.25, -0.2) is 0 Å². The number of carbonyl (C=O) groups excluding carboxylic acids is 1. The molecule has 1 amide bonds. The number of carbonyl (C=O) groups is 1. The van der Waals surface area contributed by atoms with Crippen LogP contribution in [0, 0.1) is 0 Å². The lowest BCUT2D eigenvalue weighted by atomic mass is 10.1. The monoisotopic (exact) mass is 282 g/mol. The Morgan fingerprint density at radius 2 is 1.68 bits per heavy atom. The molecule has 0 radical (unpaired) electrons. The van der Waals surface area contributed by atoms with Crippen LogP contribution in [0.15, 0.2) is 24.3 Å². The summed E-state index contributed by atoms with van der Waals surface area (Å²) < 4.78 is 0. The van der Waals surface area contributed by atoms with Crippen LogP contribution in [-0.4, -0.2) is 52.3 Å². The van der Waals surface area contributed by atoms with Crippen LogP contribution in [0.5, 0.6) is 0 Å². The van der Waals surface area contributed by atoms with Crippen LogP contribution in [0.2, 0.25) is 0 Å². The maximum Gasteiger partial charge on any atom is 0.227 e. The second-order valence-electron chi connectivity index (χ2n) is 4.07. The minimum Gasteiger partial charge on any atom is -0.395 e. The normalized spacial score (nSPS) is 10.2. The molecule has 1 aromatic carbocycles. The van der Waals surface area contributed by atoms with Crippen molar-refractivity contribution < 1.29 is 15.0 Å². The third kappa shape index (κ3) is 4.94. The summed E-state index contributed by atoms with van der Waals surface area (Å²) in [5.41, 5.74) is 7.09. The number of hydrogen-bond donors (Lipinski definition) is 3. The molecular weight excluding hydrogens is 264 g/mol. The van der Waals surface area contributed by atoms with Gasteiger partial charge in [0.2, 0.25) is 5.91 Å². The van der Waals surface area contributed by atoms with Crippen LogP contribution in [0.4, 0.5) is 0 Å². The largest absolute Gasteiger partial charge is 0.395 e. The van der Waals surface area contributed by atoms with Gasteiger partial charge in [0.1, 0.15) is 4.99 Å². The summed E-state index contributed by atoms with van der Waals surface area (Å²) in [6.45, 7) is 0.215. The summed E-state index contributed by atoms with van der Waals surface area (Å²) in [5.74, 6) is -0.133. The second-order valence-corrected chi connectivity index (χ2v) is 4.51. The molecule has 0 saturated heterocycles. The van der Waals surface area contributed by atoms with Crippen LogP contribution in [0.1, 0.15) is 11.1 Å². The summed E-state index contributed by atoms with van der Waals surface area (Å²) in [6, 6.07) is 7.13. The Morgan fingerprint density at radius 1 is 1.16 bits per heavy atom. The third-order valence-electron chi connectivity index (χ3n) is 2.69. The lowest BCUT2D eigenvalue weighted by Gasteiger charge is -2.20. The number of aliphatic hydroxyl groups is 2. The molecule has 1 rings (SSSR count). The van der Waals surface area contributed by atoms with Crippen molar-refractivity contribution in [2.75, 3.05) is 26.3 Å².